The lowest BCUT2D eigenvalue weighted by molar-refractivity contribution is -0.118. The zero-order valence-electron chi connectivity index (χ0n) is 10.6. The standard InChI is InChI=1S/C13H10ClN3O4/c14-8-2-1-3-9(6-8)21-7-10(18)17-12-11(13(19)20)15-4-5-16-12/h1-6H,7H2,(H,19,20)(H,16,17,18). The summed E-state index contributed by atoms with van der Waals surface area (Å²) in [6, 6.07) is 6.55. The highest BCUT2D eigenvalue weighted by molar-refractivity contribution is 6.30. The van der Waals surface area contributed by atoms with Gasteiger partial charge in [0, 0.05) is 17.4 Å². The van der Waals surface area contributed by atoms with E-state index in [0.717, 1.165) is 0 Å². The number of carbonyl (C=O) groups excluding carboxylic acids is 1. The van der Waals surface area contributed by atoms with Gasteiger partial charge in [-0.15, -0.1) is 0 Å². The van der Waals surface area contributed by atoms with Crippen LogP contribution in [0, 0.1) is 0 Å². The molecule has 21 heavy (non-hydrogen) atoms. The molecule has 0 atom stereocenters. The average Bonchev–Trinajstić information content (AvgIpc) is 2.45. The van der Waals surface area contributed by atoms with E-state index < -0.39 is 11.9 Å². The van der Waals surface area contributed by atoms with Crippen molar-refractivity contribution >= 4 is 29.3 Å². The van der Waals surface area contributed by atoms with Gasteiger partial charge in [-0.1, -0.05) is 17.7 Å². The number of halogens is 1. The maximum Gasteiger partial charge on any atom is 0.358 e. The molecule has 2 rings (SSSR count). The van der Waals surface area contributed by atoms with E-state index in [1.54, 1.807) is 24.3 Å². The molecule has 108 valence electrons. The normalized spacial score (nSPS) is 9.95. The highest BCUT2D eigenvalue weighted by Gasteiger charge is 2.15. The maximum atomic E-state index is 11.7. The second-order valence-corrected chi connectivity index (χ2v) is 4.29. The summed E-state index contributed by atoms with van der Waals surface area (Å²) in [4.78, 5) is 30.0. The van der Waals surface area contributed by atoms with Crippen molar-refractivity contribution < 1.29 is 19.4 Å². The monoisotopic (exact) mass is 307 g/mol. The second kappa shape index (κ2) is 6.67. The molecule has 0 radical (unpaired) electrons. The van der Waals surface area contributed by atoms with Gasteiger partial charge in [-0.3, -0.25) is 4.79 Å². The molecule has 1 aromatic heterocycles. The summed E-state index contributed by atoms with van der Waals surface area (Å²) in [6.07, 6.45) is 2.50. The molecule has 2 aromatic rings. The number of amides is 1. The largest absolute Gasteiger partial charge is 0.484 e. The van der Waals surface area contributed by atoms with Crippen molar-refractivity contribution in [2.24, 2.45) is 0 Å². The van der Waals surface area contributed by atoms with Crippen molar-refractivity contribution in [2.75, 3.05) is 11.9 Å². The Balaban J connectivity index is 1.98. The zero-order valence-corrected chi connectivity index (χ0v) is 11.4. The summed E-state index contributed by atoms with van der Waals surface area (Å²) in [5, 5.41) is 11.7. The number of anilines is 1. The minimum absolute atomic E-state index is 0.135. The van der Waals surface area contributed by atoms with Crippen LogP contribution in [0.3, 0.4) is 0 Å². The molecule has 0 spiro atoms. The number of carboxylic acid groups (broad SMARTS) is 1. The zero-order chi connectivity index (χ0) is 15.2. The van der Waals surface area contributed by atoms with E-state index in [0.29, 0.717) is 10.8 Å². The fourth-order valence-corrected chi connectivity index (χ4v) is 1.64. The van der Waals surface area contributed by atoms with Crippen LogP contribution in [0.15, 0.2) is 36.7 Å². The molecule has 0 aliphatic heterocycles. The third-order valence-electron chi connectivity index (χ3n) is 2.32. The van der Waals surface area contributed by atoms with Gasteiger partial charge in [0.05, 0.1) is 0 Å². The number of rotatable bonds is 5. The predicted molar refractivity (Wildman–Crippen MR) is 74.6 cm³/mol. The number of benzene rings is 1. The molecule has 0 bridgehead atoms. The highest BCUT2D eigenvalue weighted by atomic mass is 35.5. The van der Waals surface area contributed by atoms with E-state index in [1.165, 1.54) is 12.4 Å². The third kappa shape index (κ3) is 4.15. The number of carbonyl (C=O) groups is 2. The van der Waals surface area contributed by atoms with E-state index >= 15 is 0 Å². The molecule has 0 aliphatic carbocycles. The Morgan fingerprint density at radius 3 is 2.76 bits per heavy atom. The fourth-order valence-electron chi connectivity index (χ4n) is 1.46. The Bertz CT molecular complexity index is 678. The van der Waals surface area contributed by atoms with Crippen LogP contribution in [0.5, 0.6) is 5.75 Å². The number of nitrogens with zero attached hydrogens (tertiary/aromatic N) is 2. The summed E-state index contributed by atoms with van der Waals surface area (Å²) in [6.45, 7) is -0.310. The Hall–Kier alpha value is -2.67. The molecule has 8 heteroatoms. The van der Waals surface area contributed by atoms with E-state index in [9.17, 15) is 9.59 Å². The number of ether oxygens (including phenoxy) is 1. The number of aromatic carboxylic acids is 1. The van der Waals surface area contributed by atoms with Gasteiger partial charge in [-0.25, -0.2) is 14.8 Å². The number of carboxylic acids is 1. The Labute approximate surface area is 124 Å². The molecular weight excluding hydrogens is 298 g/mol. The third-order valence-corrected chi connectivity index (χ3v) is 2.56. The van der Waals surface area contributed by atoms with Crippen LogP contribution < -0.4 is 10.1 Å². The van der Waals surface area contributed by atoms with Gasteiger partial charge in [0.2, 0.25) is 0 Å². The summed E-state index contributed by atoms with van der Waals surface area (Å²) in [7, 11) is 0. The molecule has 1 aromatic carbocycles. The Morgan fingerprint density at radius 1 is 1.29 bits per heavy atom. The summed E-state index contributed by atoms with van der Waals surface area (Å²) >= 11 is 5.78. The fraction of sp³-hybridized carbons (Fsp3) is 0.0769. The minimum atomic E-state index is -1.28. The first kappa shape index (κ1) is 14.7. The molecule has 0 saturated heterocycles. The number of aromatic nitrogens is 2. The van der Waals surface area contributed by atoms with Gasteiger partial charge < -0.3 is 15.2 Å². The predicted octanol–water partition coefficient (Wildman–Crippen LogP) is 1.85. The molecular formula is C13H10ClN3O4. The van der Waals surface area contributed by atoms with E-state index in [4.69, 9.17) is 21.4 Å². The number of hydrogen-bond donors (Lipinski definition) is 2. The van der Waals surface area contributed by atoms with Crippen LogP contribution in [0.25, 0.3) is 0 Å². The number of nitrogens with one attached hydrogen (secondary N) is 1. The maximum absolute atomic E-state index is 11.7. The van der Waals surface area contributed by atoms with Crippen LogP contribution in [0.2, 0.25) is 5.02 Å². The first-order valence-electron chi connectivity index (χ1n) is 5.79. The van der Waals surface area contributed by atoms with Crippen LogP contribution in [0.4, 0.5) is 5.82 Å². The van der Waals surface area contributed by atoms with Gasteiger partial charge in [0.1, 0.15) is 5.75 Å². The average molecular weight is 308 g/mol. The van der Waals surface area contributed by atoms with Crippen molar-refractivity contribution in [2.45, 2.75) is 0 Å². The van der Waals surface area contributed by atoms with Gasteiger partial charge in [0.15, 0.2) is 18.1 Å². The van der Waals surface area contributed by atoms with Gasteiger partial charge in [-0.2, -0.15) is 0 Å². The van der Waals surface area contributed by atoms with E-state index in [-0.39, 0.29) is 18.1 Å². The van der Waals surface area contributed by atoms with Crippen molar-refractivity contribution in [1.29, 1.82) is 0 Å². The smallest absolute Gasteiger partial charge is 0.358 e. The van der Waals surface area contributed by atoms with Gasteiger partial charge in [-0.05, 0) is 18.2 Å². The highest BCUT2D eigenvalue weighted by Crippen LogP contribution is 2.17. The molecule has 1 heterocycles. The SMILES string of the molecule is O=C(COc1cccc(Cl)c1)Nc1nccnc1C(=O)O. The molecule has 0 unspecified atom stereocenters. The molecule has 0 aliphatic rings. The first-order valence-corrected chi connectivity index (χ1v) is 6.16. The van der Waals surface area contributed by atoms with Crippen LogP contribution in [-0.2, 0) is 4.79 Å². The molecule has 1 amide bonds. The topological polar surface area (TPSA) is 101 Å². The first-order chi connectivity index (χ1) is 10.1. The molecule has 2 N–H and O–H groups in total. The molecule has 7 nitrogen and oxygen atoms in total. The summed E-state index contributed by atoms with van der Waals surface area (Å²) in [5.41, 5.74) is -0.339. The molecule has 0 fully saturated rings. The van der Waals surface area contributed by atoms with Crippen LogP contribution in [-0.4, -0.2) is 33.6 Å². The van der Waals surface area contributed by atoms with Gasteiger partial charge in [0.25, 0.3) is 5.91 Å². The van der Waals surface area contributed by atoms with Crippen LogP contribution >= 0.6 is 11.6 Å². The lowest BCUT2D eigenvalue weighted by Crippen LogP contribution is -2.22. The van der Waals surface area contributed by atoms with Crippen molar-refractivity contribution in [3.05, 3.63) is 47.4 Å². The quantitative estimate of drug-likeness (QED) is 0.874. The van der Waals surface area contributed by atoms with E-state index in [2.05, 4.69) is 15.3 Å². The lowest BCUT2D eigenvalue weighted by Gasteiger charge is -2.08. The number of hydrogen-bond acceptors (Lipinski definition) is 5. The second-order valence-electron chi connectivity index (χ2n) is 3.85. The Kier molecular flexibility index (Phi) is 4.68. The van der Waals surface area contributed by atoms with Crippen molar-refractivity contribution in [3.8, 4) is 5.75 Å². The summed E-state index contributed by atoms with van der Waals surface area (Å²) in [5.74, 6) is -1.55. The summed E-state index contributed by atoms with van der Waals surface area (Å²) < 4.78 is 5.23. The van der Waals surface area contributed by atoms with Crippen molar-refractivity contribution in [3.63, 3.8) is 0 Å². The van der Waals surface area contributed by atoms with Crippen molar-refractivity contribution in [1.82, 2.24) is 9.97 Å². The van der Waals surface area contributed by atoms with Gasteiger partial charge >= 0.3 is 5.97 Å². The van der Waals surface area contributed by atoms with Crippen LogP contribution in [0.1, 0.15) is 10.5 Å². The van der Waals surface area contributed by atoms with E-state index in [1.807, 2.05) is 0 Å². The minimum Gasteiger partial charge on any atom is -0.484 e. The Morgan fingerprint density at radius 2 is 2.05 bits per heavy atom. The lowest BCUT2D eigenvalue weighted by atomic mass is 10.3. The molecule has 0 saturated carbocycles.